The first-order valence-corrected chi connectivity index (χ1v) is 7.45. The first-order chi connectivity index (χ1) is 10.9. The number of benzene rings is 3. The monoisotopic (exact) mass is 306 g/mol. The van der Waals surface area contributed by atoms with Crippen LogP contribution in [0.25, 0.3) is 10.8 Å². The Morgan fingerprint density at radius 1 is 0.870 bits per heavy atom. The molecular formula is C20H18O3. The Bertz CT molecular complexity index is 880. The Morgan fingerprint density at radius 2 is 1.57 bits per heavy atom. The maximum Gasteiger partial charge on any atom is 0.339 e. The van der Waals surface area contributed by atoms with E-state index in [2.05, 4.69) is 26.0 Å². The summed E-state index contributed by atoms with van der Waals surface area (Å²) < 4.78 is 0. The lowest BCUT2D eigenvalue weighted by Crippen LogP contribution is -2.18. The van der Waals surface area contributed by atoms with Crippen LogP contribution in [0.4, 0.5) is 0 Å². The highest BCUT2D eigenvalue weighted by atomic mass is 16.4. The van der Waals surface area contributed by atoms with Gasteiger partial charge in [-0.2, -0.15) is 0 Å². The SMILES string of the molecule is CC(C)(c1ccccc1)c1ccc2cc(O)c(C(=O)O)cc2c1. The Hall–Kier alpha value is -2.81. The topological polar surface area (TPSA) is 57.5 Å². The third-order valence-electron chi connectivity index (χ3n) is 4.40. The summed E-state index contributed by atoms with van der Waals surface area (Å²) in [5, 5.41) is 20.6. The van der Waals surface area contributed by atoms with Gasteiger partial charge in [0.05, 0.1) is 0 Å². The van der Waals surface area contributed by atoms with E-state index in [0.717, 1.165) is 16.3 Å². The van der Waals surface area contributed by atoms with E-state index < -0.39 is 5.97 Å². The number of fused-ring (bicyclic) bond motifs is 1. The van der Waals surface area contributed by atoms with E-state index in [1.165, 1.54) is 17.7 Å². The average molecular weight is 306 g/mol. The number of hydrogen-bond acceptors (Lipinski definition) is 2. The molecule has 0 aliphatic carbocycles. The molecule has 3 rings (SSSR count). The van der Waals surface area contributed by atoms with Crippen molar-refractivity contribution in [2.24, 2.45) is 0 Å². The van der Waals surface area contributed by atoms with Crippen LogP contribution >= 0.6 is 0 Å². The van der Waals surface area contributed by atoms with Crippen LogP contribution in [0.15, 0.2) is 60.7 Å². The maximum absolute atomic E-state index is 11.2. The van der Waals surface area contributed by atoms with Crippen LogP contribution in [0, 0.1) is 0 Å². The van der Waals surface area contributed by atoms with Gasteiger partial charge in [-0.1, -0.05) is 62.4 Å². The van der Waals surface area contributed by atoms with Crippen molar-refractivity contribution < 1.29 is 15.0 Å². The second kappa shape index (κ2) is 5.43. The fourth-order valence-electron chi connectivity index (χ4n) is 2.87. The molecule has 0 radical (unpaired) electrons. The molecule has 0 aliphatic rings. The smallest absolute Gasteiger partial charge is 0.339 e. The van der Waals surface area contributed by atoms with E-state index in [9.17, 15) is 15.0 Å². The van der Waals surface area contributed by atoms with E-state index >= 15 is 0 Å². The van der Waals surface area contributed by atoms with Gasteiger partial charge in [0.25, 0.3) is 0 Å². The molecule has 0 amide bonds. The van der Waals surface area contributed by atoms with E-state index in [4.69, 9.17) is 0 Å². The van der Waals surface area contributed by atoms with E-state index in [1.807, 2.05) is 36.4 Å². The van der Waals surface area contributed by atoms with Gasteiger partial charge in [0.1, 0.15) is 11.3 Å². The molecular weight excluding hydrogens is 288 g/mol. The number of carboxylic acid groups (broad SMARTS) is 1. The fourth-order valence-corrected chi connectivity index (χ4v) is 2.87. The zero-order chi connectivity index (χ0) is 16.6. The third-order valence-corrected chi connectivity index (χ3v) is 4.40. The molecule has 0 aromatic heterocycles. The zero-order valence-electron chi connectivity index (χ0n) is 13.1. The third kappa shape index (κ3) is 2.66. The van der Waals surface area contributed by atoms with E-state index in [1.54, 1.807) is 0 Å². The molecule has 0 bridgehead atoms. The molecule has 0 atom stereocenters. The number of phenols is 1. The van der Waals surface area contributed by atoms with Gasteiger partial charge in [0, 0.05) is 5.41 Å². The van der Waals surface area contributed by atoms with Gasteiger partial charge in [-0.25, -0.2) is 4.79 Å². The molecule has 3 aromatic carbocycles. The minimum atomic E-state index is -1.13. The molecule has 23 heavy (non-hydrogen) atoms. The fraction of sp³-hybridized carbons (Fsp3) is 0.150. The summed E-state index contributed by atoms with van der Waals surface area (Å²) in [4.78, 5) is 11.2. The van der Waals surface area contributed by atoms with Gasteiger partial charge < -0.3 is 10.2 Å². The summed E-state index contributed by atoms with van der Waals surface area (Å²) >= 11 is 0. The summed E-state index contributed by atoms with van der Waals surface area (Å²) in [5.74, 6) is -1.34. The molecule has 0 saturated heterocycles. The van der Waals surface area contributed by atoms with Gasteiger partial charge in [-0.3, -0.25) is 0 Å². The maximum atomic E-state index is 11.2. The summed E-state index contributed by atoms with van der Waals surface area (Å²) in [7, 11) is 0. The summed E-state index contributed by atoms with van der Waals surface area (Å²) in [6, 6.07) is 19.1. The van der Waals surface area contributed by atoms with Gasteiger partial charge in [0.2, 0.25) is 0 Å². The minimum Gasteiger partial charge on any atom is -0.507 e. The Balaban J connectivity index is 2.16. The normalized spacial score (nSPS) is 11.6. The molecule has 0 aliphatic heterocycles. The summed E-state index contributed by atoms with van der Waals surface area (Å²) in [6.07, 6.45) is 0. The van der Waals surface area contributed by atoms with Crippen molar-refractivity contribution >= 4 is 16.7 Å². The molecule has 0 spiro atoms. The number of aromatic carboxylic acids is 1. The number of aromatic hydroxyl groups is 1. The average Bonchev–Trinajstić information content (AvgIpc) is 2.54. The minimum absolute atomic E-state index is 0.0767. The number of carbonyl (C=O) groups is 1. The molecule has 0 saturated carbocycles. The van der Waals surface area contributed by atoms with Crippen molar-refractivity contribution in [1.82, 2.24) is 0 Å². The van der Waals surface area contributed by atoms with Gasteiger partial charge >= 0.3 is 5.97 Å². The molecule has 116 valence electrons. The van der Waals surface area contributed by atoms with Gasteiger partial charge in [-0.05, 0) is 34.0 Å². The molecule has 3 nitrogen and oxygen atoms in total. The van der Waals surface area contributed by atoms with Crippen molar-refractivity contribution in [2.45, 2.75) is 19.3 Å². The van der Waals surface area contributed by atoms with Crippen molar-refractivity contribution in [1.29, 1.82) is 0 Å². The second-order valence-corrected chi connectivity index (χ2v) is 6.23. The first kappa shape index (κ1) is 15.1. The van der Waals surface area contributed by atoms with Crippen LogP contribution in [0.2, 0.25) is 0 Å². The lowest BCUT2D eigenvalue weighted by atomic mass is 9.77. The molecule has 2 N–H and O–H groups in total. The summed E-state index contributed by atoms with van der Waals surface area (Å²) in [6.45, 7) is 4.28. The van der Waals surface area contributed by atoms with E-state index in [0.29, 0.717) is 0 Å². The van der Waals surface area contributed by atoms with Crippen molar-refractivity contribution in [3.05, 3.63) is 77.4 Å². The summed E-state index contributed by atoms with van der Waals surface area (Å²) in [5.41, 5.74) is 2.01. The van der Waals surface area contributed by atoms with Crippen LogP contribution in [0.1, 0.15) is 35.3 Å². The van der Waals surface area contributed by atoms with Crippen LogP contribution in [0.5, 0.6) is 5.75 Å². The predicted molar refractivity (Wildman–Crippen MR) is 91.1 cm³/mol. The Labute approximate surface area is 134 Å². The van der Waals surface area contributed by atoms with Crippen LogP contribution in [-0.4, -0.2) is 16.2 Å². The van der Waals surface area contributed by atoms with Gasteiger partial charge in [-0.15, -0.1) is 0 Å². The quantitative estimate of drug-likeness (QED) is 0.745. The second-order valence-electron chi connectivity index (χ2n) is 6.23. The zero-order valence-corrected chi connectivity index (χ0v) is 13.1. The highest BCUT2D eigenvalue weighted by Gasteiger charge is 2.23. The number of carboxylic acids is 1. The van der Waals surface area contributed by atoms with Crippen LogP contribution < -0.4 is 0 Å². The standard InChI is InChI=1S/C20H18O3/c1-20(2,15-6-4-3-5-7-15)16-9-8-13-12-18(21)17(19(22)23)11-14(13)10-16/h3-12,21H,1-2H3,(H,22,23). The highest BCUT2D eigenvalue weighted by molar-refractivity contribution is 5.97. The molecule has 0 unspecified atom stereocenters. The Kier molecular flexibility index (Phi) is 3.57. The predicted octanol–water partition coefficient (Wildman–Crippen LogP) is 4.57. The Morgan fingerprint density at radius 3 is 2.22 bits per heavy atom. The lowest BCUT2D eigenvalue weighted by Gasteiger charge is -2.26. The van der Waals surface area contributed by atoms with Gasteiger partial charge in [0.15, 0.2) is 0 Å². The number of hydrogen-bond donors (Lipinski definition) is 2. The lowest BCUT2D eigenvalue weighted by molar-refractivity contribution is 0.0694. The molecule has 0 fully saturated rings. The number of rotatable bonds is 3. The van der Waals surface area contributed by atoms with Crippen molar-refractivity contribution in [3.8, 4) is 5.75 Å². The van der Waals surface area contributed by atoms with Crippen LogP contribution in [0.3, 0.4) is 0 Å². The molecule has 3 aromatic rings. The highest BCUT2D eigenvalue weighted by Crippen LogP contribution is 2.34. The first-order valence-electron chi connectivity index (χ1n) is 7.45. The molecule has 3 heteroatoms. The largest absolute Gasteiger partial charge is 0.507 e. The van der Waals surface area contributed by atoms with Crippen molar-refractivity contribution in [2.75, 3.05) is 0 Å². The van der Waals surface area contributed by atoms with E-state index in [-0.39, 0.29) is 16.7 Å². The van der Waals surface area contributed by atoms with Crippen LogP contribution in [-0.2, 0) is 5.41 Å². The van der Waals surface area contributed by atoms with Crippen molar-refractivity contribution in [3.63, 3.8) is 0 Å². The molecule has 0 heterocycles.